The van der Waals surface area contributed by atoms with Crippen molar-refractivity contribution in [3.8, 4) is 0 Å². The van der Waals surface area contributed by atoms with Crippen molar-refractivity contribution in [3.05, 3.63) is 11.8 Å². The Kier molecular flexibility index (Phi) is 2.05. The minimum atomic E-state index is 0.309. The van der Waals surface area contributed by atoms with Crippen LogP contribution in [-0.2, 0) is 0 Å². The van der Waals surface area contributed by atoms with Gasteiger partial charge >= 0.3 is 0 Å². The lowest BCUT2D eigenvalue weighted by molar-refractivity contribution is 0.474. The zero-order chi connectivity index (χ0) is 6.85. The van der Waals surface area contributed by atoms with Gasteiger partial charge < -0.3 is 4.42 Å². The minimum absolute atomic E-state index is 0.309. The number of rotatable bonds is 1. The van der Waals surface area contributed by atoms with Crippen molar-refractivity contribution in [3.63, 3.8) is 0 Å². The second-order valence-electron chi connectivity index (χ2n) is 1.78. The molecule has 1 atom stereocenters. The highest BCUT2D eigenvalue weighted by Crippen LogP contribution is 2.19. The summed E-state index contributed by atoms with van der Waals surface area (Å²) in [5.41, 5.74) is 0. The topological polar surface area (TPSA) is 38.9 Å². The molecule has 0 fully saturated rings. The van der Waals surface area contributed by atoms with E-state index in [-0.39, 0.29) is 0 Å². The Labute approximate surface area is 67.0 Å². The quantitative estimate of drug-likeness (QED) is 0.553. The van der Waals surface area contributed by atoms with E-state index in [9.17, 15) is 0 Å². The predicted octanol–water partition coefficient (Wildman–Crippen LogP) is 1.87. The van der Waals surface area contributed by atoms with Crippen LogP contribution < -0.4 is 0 Å². The van der Waals surface area contributed by atoms with Crippen LogP contribution in [0.3, 0.4) is 0 Å². The van der Waals surface area contributed by atoms with Gasteiger partial charge in [-0.15, -0.1) is 10.2 Å². The number of hydrogen-bond donors (Lipinski definition) is 0. The van der Waals surface area contributed by atoms with E-state index in [2.05, 4.69) is 32.8 Å². The van der Waals surface area contributed by atoms with Gasteiger partial charge in [0.2, 0.25) is 11.8 Å². The number of alkyl halides is 1. The molecular weight excluding hydrogens is 231 g/mol. The van der Waals surface area contributed by atoms with Gasteiger partial charge in [-0.1, -0.05) is 22.6 Å². The fraction of sp³-hybridized carbons (Fsp3) is 0.600. The van der Waals surface area contributed by atoms with E-state index in [0.29, 0.717) is 15.7 Å². The molecule has 0 saturated carbocycles. The van der Waals surface area contributed by atoms with Gasteiger partial charge in [-0.3, -0.25) is 0 Å². The molecule has 1 unspecified atom stereocenters. The maximum Gasteiger partial charge on any atom is 0.229 e. The van der Waals surface area contributed by atoms with E-state index in [1.165, 1.54) is 0 Å². The first-order valence-corrected chi connectivity index (χ1v) is 3.89. The van der Waals surface area contributed by atoms with Crippen molar-refractivity contribution in [2.24, 2.45) is 0 Å². The minimum Gasteiger partial charge on any atom is -0.424 e. The van der Waals surface area contributed by atoms with Gasteiger partial charge in [-0.05, 0) is 6.92 Å². The van der Waals surface area contributed by atoms with Gasteiger partial charge in [0.05, 0.1) is 3.92 Å². The molecule has 0 saturated heterocycles. The summed E-state index contributed by atoms with van der Waals surface area (Å²) in [5, 5.41) is 7.51. The van der Waals surface area contributed by atoms with Gasteiger partial charge in [0.15, 0.2) is 0 Å². The first-order valence-electron chi connectivity index (χ1n) is 2.64. The molecule has 0 bridgehead atoms. The molecule has 0 aliphatic carbocycles. The van der Waals surface area contributed by atoms with E-state index >= 15 is 0 Å². The molecule has 1 aromatic rings. The molecule has 3 nitrogen and oxygen atoms in total. The first-order chi connectivity index (χ1) is 4.20. The normalized spacial score (nSPS) is 13.7. The summed E-state index contributed by atoms with van der Waals surface area (Å²) in [6, 6.07) is 0. The maximum absolute atomic E-state index is 5.12. The zero-order valence-electron chi connectivity index (χ0n) is 5.26. The summed E-state index contributed by atoms with van der Waals surface area (Å²) in [6.07, 6.45) is 0. The third-order valence-corrected chi connectivity index (χ3v) is 1.41. The highest BCUT2D eigenvalue weighted by Gasteiger charge is 2.06. The number of hydrogen-bond acceptors (Lipinski definition) is 3. The van der Waals surface area contributed by atoms with Crippen molar-refractivity contribution in [2.45, 2.75) is 17.8 Å². The SMILES string of the molecule is Cc1nnc(C(C)I)o1. The third kappa shape index (κ3) is 1.64. The van der Waals surface area contributed by atoms with Crippen LogP contribution >= 0.6 is 22.6 Å². The van der Waals surface area contributed by atoms with Crippen molar-refractivity contribution < 1.29 is 4.42 Å². The maximum atomic E-state index is 5.12. The fourth-order valence-electron chi connectivity index (χ4n) is 0.473. The van der Waals surface area contributed by atoms with E-state index in [0.717, 1.165) is 0 Å². The van der Waals surface area contributed by atoms with E-state index in [4.69, 9.17) is 4.42 Å². The number of aromatic nitrogens is 2. The fourth-order valence-corrected chi connectivity index (χ4v) is 0.724. The molecule has 4 heteroatoms. The summed E-state index contributed by atoms with van der Waals surface area (Å²) in [5.74, 6) is 1.33. The molecule has 0 aromatic carbocycles. The Morgan fingerprint density at radius 2 is 2.22 bits per heavy atom. The van der Waals surface area contributed by atoms with Crippen LogP contribution in [0.1, 0.15) is 22.6 Å². The van der Waals surface area contributed by atoms with Crippen molar-refractivity contribution in [1.82, 2.24) is 10.2 Å². The number of halogens is 1. The molecule has 0 spiro atoms. The molecule has 0 radical (unpaired) electrons. The van der Waals surface area contributed by atoms with Gasteiger partial charge in [-0.25, -0.2) is 0 Å². The summed E-state index contributed by atoms with van der Waals surface area (Å²) in [7, 11) is 0. The molecule has 9 heavy (non-hydrogen) atoms. The van der Waals surface area contributed by atoms with Crippen LogP contribution in [0, 0.1) is 6.92 Å². The molecule has 0 aliphatic heterocycles. The number of nitrogens with zero attached hydrogens (tertiary/aromatic N) is 2. The Morgan fingerprint density at radius 1 is 1.56 bits per heavy atom. The summed E-state index contributed by atoms with van der Waals surface area (Å²) in [6.45, 7) is 3.79. The smallest absolute Gasteiger partial charge is 0.229 e. The van der Waals surface area contributed by atoms with Crippen molar-refractivity contribution >= 4 is 22.6 Å². The number of aryl methyl sites for hydroxylation is 1. The summed E-state index contributed by atoms with van der Waals surface area (Å²) < 4.78 is 5.42. The molecule has 1 aromatic heterocycles. The van der Waals surface area contributed by atoms with Crippen LogP contribution in [0.15, 0.2) is 4.42 Å². The highest BCUT2D eigenvalue weighted by molar-refractivity contribution is 14.1. The lowest BCUT2D eigenvalue weighted by Crippen LogP contribution is -1.81. The van der Waals surface area contributed by atoms with Gasteiger partial charge in [0.1, 0.15) is 0 Å². The van der Waals surface area contributed by atoms with E-state index in [1.54, 1.807) is 6.92 Å². The van der Waals surface area contributed by atoms with Gasteiger partial charge in [0, 0.05) is 6.92 Å². The van der Waals surface area contributed by atoms with Crippen LogP contribution in [0.4, 0.5) is 0 Å². The zero-order valence-corrected chi connectivity index (χ0v) is 7.42. The van der Waals surface area contributed by atoms with Crippen LogP contribution in [0.25, 0.3) is 0 Å². The lowest BCUT2D eigenvalue weighted by atomic mass is 10.5. The average molecular weight is 238 g/mol. The summed E-state index contributed by atoms with van der Waals surface area (Å²) in [4.78, 5) is 0. The summed E-state index contributed by atoms with van der Waals surface area (Å²) >= 11 is 2.23. The molecular formula is C5H7IN2O. The molecule has 50 valence electrons. The van der Waals surface area contributed by atoms with Crippen LogP contribution in [0.5, 0.6) is 0 Å². The van der Waals surface area contributed by atoms with Gasteiger partial charge in [-0.2, -0.15) is 0 Å². The molecule has 0 aliphatic rings. The second kappa shape index (κ2) is 2.64. The largest absolute Gasteiger partial charge is 0.424 e. The standard InChI is InChI=1S/C5H7IN2O/c1-3(6)5-8-7-4(2)9-5/h3H,1-2H3. The van der Waals surface area contributed by atoms with E-state index < -0.39 is 0 Å². The van der Waals surface area contributed by atoms with Crippen molar-refractivity contribution in [2.75, 3.05) is 0 Å². The Balaban J connectivity index is 2.85. The Hall–Kier alpha value is -0.130. The monoisotopic (exact) mass is 238 g/mol. The van der Waals surface area contributed by atoms with E-state index in [1.807, 2.05) is 6.92 Å². The molecule has 1 rings (SSSR count). The van der Waals surface area contributed by atoms with Crippen LogP contribution in [0.2, 0.25) is 0 Å². The van der Waals surface area contributed by atoms with Gasteiger partial charge in [0.25, 0.3) is 0 Å². The Bertz CT molecular complexity index is 197. The predicted molar refractivity (Wildman–Crippen MR) is 41.5 cm³/mol. The second-order valence-corrected chi connectivity index (χ2v) is 3.64. The first kappa shape index (κ1) is 6.98. The Morgan fingerprint density at radius 3 is 2.44 bits per heavy atom. The van der Waals surface area contributed by atoms with Crippen molar-refractivity contribution in [1.29, 1.82) is 0 Å². The highest BCUT2D eigenvalue weighted by atomic mass is 127. The molecule has 0 amide bonds. The lowest BCUT2D eigenvalue weighted by Gasteiger charge is -1.90. The molecule has 0 N–H and O–H groups in total. The van der Waals surface area contributed by atoms with Crippen LogP contribution in [-0.4, -0.2) is 10.2 Å². The molecule has 1 heterocycles. The average Bonchev–Trinajstić information content (AvgIpc) is 2.14. The third-order valence-electron chi connectivity index (χ3n) is 0.882.